The highest BCUT2D eigenvalue weighted by Gasteiger charge is 2.24. The Kier molecular flexibility index (Phi) is 4.44. The maximum atomic E-state index is 14.2. The number of hydrogen-bond donors (Lipinski definition) is 0. The van der Waals surface area contributed by atoms with Crippen molar-refractivity contribution < 1.29 is 13.2 Å². The molecule has 0 fully saturated rings. The third-order valence-electron chi connectivity index (χ3n) is 3.77. The molecule has 1 aromatic carbocycles. The summed E-state index contributed by atoms with van der Waals surface area (Å²) in [6.07, 6.45) is 1.25. The molecule has 2 aromatic heterocycles. The lowest BCUT2D eigenvalue weighted by molar-refractivity contribution is 0.548. The Labute approximate surface area is 146 Å². The number of aromatic nitrogens is 3. The first kappa shape index (κ1) is 17.0. The number of benzene rings is 1. The summed E-state index contributed by atoms with van der Waals surface area (Å²) in [5.74, 6) is -2.98. The number of imidazole rings is 1. The monoisotopic (exact) mass is 373 g/mol. The zero-order valence-corrected chi connectivity index (χ0v) is 14.3. The van der Waals surface area contributed by atoms with Crippen molar-refractivity contribution in [3.63, 3.8) is 0 Å². The topological polar surface area (TPSA) is 30.2 Å². The van der Waals surface area contributed by atoms with Crippen molar-refractivity contribution in [2.24, 2.45) is 0 Å². The van der Waals surface area contributed by atoms with Gasteiger partial charge in [-0.05, 0) is 12.8 Å². The number of halogens is 5. The maximum Gasteiger partial charge on any atom is 0.236 e. The average molecular weight is 374 g/mol. The fourth-order valence-electron chi connectivity index (χ4n) is 2.74. The second-order valence-corrected chi connectivity index (χ2v) is 5.88. The Bertz CT molecular complexity index is 931. The number of nitrogens with zero attached hydrogens (tertiary/aromatic N) is 3. The van der Waals surface area contributed by atoms with Crippen LogP contribution in [0, 0.1) is 17.5 Å². The Morgan fingerprint density at radius 2 is 1.58 bits per heavy atom. The van der Waals surface area contributed by atoms with Crippen molar-refractivity contribution >= 4 is 29.0 Å². The molecule has 24 heavy (non-hydrogen) atoms. The van der Waals surface area contributed by atoms with Crippen LogP contribution in [-0.2, 0) is 12.8 Å². The molecule has 0 unspecified atom stereocenters. The van der Waals surface area contributed by atoms with E-state index in [1.807, 2.05) is 13.8 Å². The van der Waals surface area contributed by atoms with Crippen molar-refractivity contribution in [2.75, 3.05) is 0 Å². The minimum atomic E-state index is -1.11. The molecular formula is C16H12Cl2F3N3. The molecule has 0 atom stereocenters. The highest BCUT2D eigenvalue weighted by atomic mass is 35.5. The molecule has 0 aliphatic carbocycles. The number of fused-ring (bicyclic) bond motifs is 1. The molecule has 3 nitrogen and oxygen atoms in total. The summed E-state index contributed by atoms with van der Waals surface area (Å²) < 4.78 is 43.0. The zero-order chi connectivity index (χ0) is 17.6. The van der Waals surface area contributed by atoms with E-state index < -0.39 is 23.0 Å². The molecular weight excluding hydrogens is 362 g/mol. The summed E-state index contributed by atoms with van der Waals surface area (Å²) in [6, 6.07) is 1.14. The second-order valence-electron chi connectivity index (χ2n) is 5.16. The smallest absolute Gasteiger partial charge is 0.236 e. The lowest BCUT2D eigenvalue weighted by Crippen LogP contribution is -2.02. The first-order chi connectivity index (χ1) is 11.4. The molecule has 3 rings (SSSR count). The highest BCUT2D eigenvalue weighted by molar-refractivity contribution is 6.38. The Morgan fingerprint density at radius 1 is 0.958 bits per heavy atom. The third kappa shape index (κ3) is 2.54. The van der Waals surface area contributed by atoms with Gasteiger partial charge in [0.15, 0.2) is 0 Å². The van der Waals surface area contributed by atoms with E-state index >= 15 is 0 Å². The van der Waals surface area contributed by atoms with Gasteiger partial charge in [0.25, 0.3) is 0 Å². The van der Waals surface area contributed by atoms with Crippen LogP contribution < -0.4 is 0 Å². The zero-order valence-electron chi connectivity index (χ0n) is 12.8. The van der Waals surface area contributed by atoms with Crippen LogP contribution in [-0.4, -0.2) is 14.4 Å². The van der Waals surface area contributed by atoms with Crippen LogP contribution in [0.15, 0.2) is 12.1 Å². The fourth-order valence-corrected chi connectivity index (χ4v) is 3.41. The largest absolute Gasteiger partial charge is 0.270 e. The molecule has 3 aromatic rings. The summed E-state index contributed by atoms with van der Waals surface area (Å²) in [6.45, 7) is 3.84. The molecule has 0 radical (unpaired) electrons. The van der Waals surface area contributed by atoms with Crippen molar-refractivity contribution in [2.45, 2.75) is 26.7 Å². The summed E-state index contributed by atoms with van der Waals surface area (Å²) in [5.41, 5.74) is 0.913. The van der Waals surface area contributed by atoms with Crippen LogP contribution in [0.4, 0.5) is 13.2 Å². The maximum absolute atomic E-state index is 14.2. The van der Waals surface area contributed by atoms with Gasteiger partial charge in [-0.3, -0.25) is 4.40 Å². The van der Waals surface area contributed by atoms with E-state index in [9.17, 15) is 13.2 Å². The molecule has 0 aliphatic rings. The first-order valence-electron chi connectivity index (χ1n) is 7.29. The molecule has 0 saturated carbocycles. The van der Waals surface area contributed by atoms with Crippen LogP contribution >= 0.6 is 23.2 Å². The van der Waals surface area contributed by atoms with E-state index in [1.165, 1.54) is 4.40 Å². The van der Waals surface area contributed by atoms with Gasteiger partial charge < -0.3 is 0 Å². The van der Waals surface area contributed by atoms with Gasteiger partial charge in [-0.1, -0.05) is 37.0 Å². The fraction of sp³-hybridized carbons (Fsp3) is 0.250. The van der Waals surface area contributed by atoms with Crippen LogP contribution in [0.3, 0.4) is 0 Å². The quantitative estimate of drug-likeness (QED) is 0.587. The van der Waals surface area contributed by atoms with Gasteiger partial charge in [0.2, 0.25) is 5.78 Å². The van der Waals surface area contributed by atoms with Gasteiger partial charge >= 0.3 is 0 Å². The van der Waals surface area contributed by atoms with Crippen molar-refractivity contribution in [1.82, 2.24) is 14.4 Å². The van der Waals surface area contributed by atoms with E-state index in [2.05, 4.69) is 9.97 Å². The van der Waals surface area contributed by atoms with Crippen molar-refractivity contribution in [1.29, 1.82) is 0 Å². The molecule has 126 valence electrons. The molecule has 8 heteroatoms. The van der Waals surface area contributed by atoms with Gasteiger partial charge in [-0.25, -0.2) is 18.2 Å². The highest BCUT2D eigenvalue weighted by Crippen LogP contribution is 2.38. The van der Waals surface area contributed by atoms with E-state index in [0.29, 0.717) is 25.0 Å². The Hall–Kier alpha value is -1.79. The van der Waals surface area contributed by atoms with Crippen LogP contribution in [0.2, 0.25) is 10.3 Å². The van der Waals surface area contributed by atoms with Crippen molar-refractivity contribution in [3.05, 3.63) is 51.3 Å². The Balaban J connectivity index is 2.42. The summed E-state index contributed by atoms with van der Waals surface area (Å²) in [4.78, 5) is 8.45. The summed E-state index contributed by atoms with van der Waals surface area (Å²) in [7, 11) is 0. The molecule has 0 bridgehead atoms. The second kappa shape index (κ2) is 6.26. The normalized spacial score (nSPS) is 11.5. The van der Waals surface area contributed by atoms with E-state index in [-0.39, 0.29) is 21.6 Å². The predicted octanol–water partition coefficient (Wildman–Crippen LogP) is 5.25. The minimum Gasteiger partial charge on any atom is -0.270 e. The third-order valence-corrected chi connectivity index (χ3v) is 4.40. The molecule has 0 spiro atoms. The number of aryl methyl sites for hydroxylation is 2. The SMILES string of the molecule is CCc1nc2nc(Cl)c(-c3c(F)cc(F)cc3F)c(Cl)n2c1CC. The average Bonchev–Trinajstić information content (AvgIpc) is 2.87. The molecule has 0 aliphatic heterocycles. The van der Waals surface area contributed by atoms with Gasteiger partial charge in [-0.2, -0.15) is 4.98 Å². The van der Waals surface area contributed by atoms with E-state index in [1.54, 1.807) is 0 Å². The first-order valence-corrected chi connectivity index (χ1v) is 8.04. The van der Waals surface area contributed by atoms with Crippen LogP contribution in [0.5, 0.6) is 0 Å². The van der Waals surface area contributed by atoms with Crippen molar-refractivity contribution in [3.8, 4) is 11.1 Å². The molecule has 2 heterocycles. The summed E-state index contributed by atoms with van der Waals surface area (Å²) >= 11 is 12.5. The van der Waals surface area contributed by atoms with E-state index in [0.717, 1.165) is 11.4 Å². The molecule has 0 amide bonds. The van der Waals surface area contributed by atoms with Gasteiger partial charge in [0.05, 0.1) is 16.8 Å². The number of hydrogen-bond acceptors (Lipinski definition) is 2. The van der Waals surface area contributed by atoms with Gasteiger partial charge in [0, 0.05) is 17.8 Å². The molecule has 0 saturated heterocycles. The van der Waals surface area contributed by atoms with Crippen LogP contribution in [0.1, 0.15) is 25.2 Å². The minimum absolute atomic E-state index is 0.0153. The summed E-state index contributed by atoms with van der Waals surface area (Å²) in [5, 5.41) is -0.217. The van der Waals surface area contributed by atoms with E-state index in [4.69, 9.17) is 23.2 Å². The number of rotatable bonds is 3. The standard InChI is InChI=1S/C16H12Cl2F3N3/c1-3-10-11(4-2)24-15(18)13(14(17)23-16(24)22-10)12-8(20)5-7(19)6-9(12)21/h5-6H,3-4H2,1-2H3. The lowest BCUT2D eigenvalue weighted by atomic mass is 10.1. The Morgan fingerprint density at radius 3 is 2.12 bits per heavy atom. The van der Waals surface area contributed by atoms with Crippen LogP contribution in [0.25, 0.3) is 16.9 Å². The predicted molar refractivity (Wildman–Crippen MR) is 87.1 cm³/mol. The lowest BCUT2D eigenvalue weighted by Gasteiger charge is -2.12. The van der Waals surface area contributed by atoms with Gasteiger partial charge in [-0.15, -0.1) is 0 Å². The molecule has 0 N–H and O–H groups in total. The van der Waals surface area contributed by atoms with Gasteiger partial charge in [0.1, 0.15) is 27.8 Å².